The number of aromatic nitrogens is 2. The number of phosphoric ester groups is 1. The van der Waals surface area contributed by atoms with Gasteiger partial charge in [-0.2, -0.15) is 9.29 Å². The minimum absolute atomic E-state index is 0.126. The molecule has 2 unspecified atom stereocenters. The third kappa shape index (κ3) is 5.41. The monoisotopic (exact) mass is 417 g/mol. The van der Waals surface area contributed by atoms with Gasteiger partial charge < -0.3 is 35.4 Å². The van der Waals surface area contributed by atoms with Crippen LogP contribution in [-0.4, -0.2) is 53.3 Å². The summed E-state index contributed by atoms with van der Waals surface area (Å²) in [5.41, 5.74) is 4.81. The van der Waals surface area contributed by atoms with E-state index in [1.165, 1.54) is 6.20 Å². The van der Waals surface area contributed by atoms with Crippen LogP contribution >= 0.6 is 15.6 Å². The first-order valence-electron chi connectivity index (χ1n) is 6.98. The number of aliphatic hydroxyl groups excluding tert-OH is 2. The Morgan fingerprint density at radius 1 is 1.38 bits per heavy atom. The summed E-state index contributed by atoms with van der Waals surface area (Å²) in [6.07, 6.45) is -2.41. The molecule has 2 rings (SSSR count). The summed E-state index contributed by atoms with van der Waals surface area (Å²) in [6, 6.07) is 0. The van der Waals surface area contributed by atoms with Crippen molar-refractivity contribution in [2.24, 2.45) is 0 Å². The Morgan fingerprint density at radius 3 is 2.62 bits per heavy atom. The first-order valence-corrected chi connectivity index (χ1v) is 10.0. The maximum Gasteiger partial charge on any atom is 0.481 e. The van der Waals surface area contributed by atoms with Crippen molar-refractivity contribution < 1.29 is 47.6 Å². The zero-order valence-corrected chi connectivity index (χ0v) is 14.8. The van der Waals surface area contributed by atoms with Gasteiger partial charge in [0, 0.05) is 18.2 Å². The van der Waals surface area contributed by atoms with Gasteiger partial charge in [0.05, 0.1) is 19.3 Å². The average Bonchev–Trinajstić information content (AvgIpc) is 2.84. The standard InChI is InChI=1S/C10H17N3O11P2/c11-9-5(3-14)2-13(10(16)12-9)8-1-6(15)7(23-8)4-22-26(20,21)24-25(17,18)19/h2,6-8,14-15H,1,3-4H2,(H,20,21)(H2,11,12,16)(H2,17,18,19)/t6?,7-,8-/m1/s1. The highest BCUT2D eigenvalue weighted by atomic mass is 31.3. The lowest BCUT2D eigenvalue weighted by atomic mass is 10.2. The van der Waals surface area contributed by atoms with Crippen LogP contribution in [0.3, 0.4) is 0 Å². The van der Waals surface area contributed by atoms with E-state index in [0.29, 0.717) is 0 Å². The third-order valence-corrected chi connectivity index (χ3v) is 5.51. The number of hydrogen-bond donors (Lipinski definition) is 6. The third-order valence-electron chi connectivity index (χ3n) is 3.36. The molecule has 148 valence electrons. The second-order valence-electron chi connectivity index (χ2n) is 5.27. The minimum atomic E-state index is -5.27. The highest BCUT2D eigenvalue weighted by Crippen LogP contribution is 2.57. The zero-order chi connectivity index (χ0) is 19.7. The van der Waals surface area contributed by atoms with E-state index >= 15 is 0 Å². The molecule has 14 nitrogen and oxygen atoms in total. The molecule has 26 heavy (non-hydrogen) atoms. The molecular formula is C10H17N3O11P2. The molecule has 1 aliphatic rings. The first-order chi connectivity index (χ1) is 11.9. The number of hydrogen-bond acceptors (Lipinski definition) is 10. The van der Waals surface area contributed by atoms with Gasteiger partial charge in [0.15, 0.2) is 0 Å². The molecule has 16 heteroatoms. The van der Waals surface area contributed by atoms with Crippen molar-refractivity contribution in [1.29, 1.82) is 0 Å². The Kier molecular flexibility index (Phi) is 6.36. The van der Waals surface area contributed by atoms with Gasteiger partial charge >= 0.3 is 21.3 Å². The second kappa shape index (κ2) is 7.82. The lowest BCUT2D eigenvalue weighted by Gasteiger charge is -2.18. The number of phosphoric acid groups is 2. The topological polar surface area (TPSA) is 224 Å². The minimum Gasteiger partial charge on any atom is -0.391 e. The van der Waals surface area contributed by atoms with Crippen LogP contribution in [-0.2, 0) is 29.3 Å². The van der Waals surface area contributed by atoms with Gasteiger partial charge in [0.25, 0.3) is 0 Å². The van der Waals surface area contributed by atoms with Gasteiger partial charge in [-0.05, 0) is 0 Å². The highest BCUT2D eigenvalue weighted by molar-refractivity contribution is 7.60. The van der Waals surface area contributed by atoms with Crippen molar-refractivity contribution in [1.82, 2.24) is 9.55 Å². The molecule has 0 aromatic carbocycles. The Hall–Kier alpha value is -1.18. The van der Waals surface area contributed by atoms with E-state index in [-0.39, 0.29) is 17.8 Å². The Morgan fingerprint density at radius 2 is 2.04 bits per heavy atom. The van der Waals surface area contributed by atoms with Crippen LogP contribution in [0.5, 0.6) is 0 Å². The highest BCUT2D eigenvalue weighted by Gasteiger charge is 2.39. The lowest BCUT2D eigenvalue weighted by Crippen LogP contribution is -2.29. The number of nitrogens with two attached hydrogens (primary N) is 1. The van der Waals surface area contributed by atoms with Gasteiger partial charge in [-0.25, -0.2) is 13.9 Å². The molecule has 1 aliphatic heterocycles. The predicted molar refractivity (Wildman–Crippen MR) is 82.3 cm³/mol. The summed E-state index contributed by atoms with van der Waals surface area (Å²) in [4.78, 5) is 41.6. The normalized spacial score (nSPS) is 26.0. The fourth-order valence-electron chi connectivity index (χ4n) is 2.21. The molecular weight excluding hydrogens is 400 g/mol. The summed E-state index contributed by atoms with van der Waals surface area (Å²) >= 11 is 0. The molecule has 1 fully saturated rings. The molecule has 7 N–H and O–H groups in total. The summed E-state index contributed by atoms with van der Waals surface area (Å²) in [6.45, 7) is -1.25. The lowest BCUT2D eigenvalue weighted by molar-refractivity contribution is -0.0450. The van der Waals surface area contributed by atoms with E-state index in [9.17, 15) is 23.9 Å². The summed E-state index contributed by atoms with van der Waals surface area (Å²) in [5, 5.41) is 19.1. The molecule has 1 aromatic heterocycles. The number of nitrogen functional groups attached to an aromatic ring is 1. The van der Waals surface area contributed by atoms with Crippen LogP contribution in [0.4, 0.5) is 5.82 Å². The van der Waals surface area contributed by atoms with Gasteiger partial charge in [-0.1, -0.05) is 0 Å². The summed E-state index contributed by atoms with van der Waals surface area (Å²) in [5.74, 6) is -0.164. The van der Waals surface area contributed by atoms with E-state index in [1.807, 2.05) is 0 Å². The van der Waals surface area contributed by atoms with Crippen LogP contribution in [0.2, 0.25) is 0 Å². The number of anilines is 1. The Bertz CT molecular complexity index is 808. The van der Waals surface area contributed by atoms with Crippen molar-refractivity contribution in [3.63, 3.8) is 0 Å². The fourth-order valence-corrected chi connectivity index (χ4v) is 3.81. The predicted octanol–water partition coefficient (Wildman–Crippen LogP) is -1.81. The molecule has 1 saturated heterocycles. The van der Waals surface area contributed by atoms with Crippen LogP contribution in [0.25, 0.3) is 0 Å². The molecule has 0 bridgehead atoms. The quantitative estimate of drug-likeness (QED) is 0.269. The smallest absolute Gasteiger partial charge is 0.391 e. The van der Waals surface area contributed by atoms with Crippen LogP contribution in [0.1, 0.15) is 18.2 Å². The second-order valence-corrected chi connectivity index (χ2v) is 8.10. The SMILES string of the molecule is Nc1nc(=O)n([C@H]2CC(O)[C@@H](COP(=O)(O)OP(=O)(O)O)O2)cc1CO. The molecule has 4 atom stereocenters. The number of ether oxygens (including phenoxy) is 1. The van der Waals surface area contributed by atoms with E-state index in [0.717, 1.165) is 4.57 Å². The zero-order valence-electron chi connectivity index (χ0n) is 13.0. The molecule has 1 aromatic rings. The van der Waals surface area contributed by atoms with Gasteiger partial charge in [0.2, 0.25) is 0 Å². The molecule has 0 saturated carbocycles. The number of rotatable bonds is 7. The van der Waals surface area contributed by atoms with Crippen molar-refractivity contribution >= 4 is 21.5 Å². The van der Waals surface area contributed by atoms with Crippen molar-refractivity contribution in [3.8, 4) is 0 Å². The molecule has 0 radical (unpaired) electrons. The molecule has 0 spiro atoms. The molecule has 0 amide bonds. The Balaban J connectivity index is 2.07. The molecule has 0 aliphatic carbocycles. The number of nitrogens with zero attached hydrogens (tertiary/aromatic N) is 2. The number of aliphatic hydroxyl groups is 2. The fraction of sp³-hybridized carbons (Fsp3) is 0.600. The van der Waals surface area contributed by atoms with Crippen molar-refractivity contribution in [2.45, 2.75) is 31.5 Å². The maximum absolute atomic E-state index is 11.9. The van der Waals surface area contributed by atoms with E-state index < -0.39 is 53.0 Å². The van der Waals surface area contributed by atoms with Crippen LogP contribution in [0.15, 0.2) is 11.0 Å². The summed E-state index contributed by atoms with van der Waals surface area (Å²) < 4.78 is 36.3. The van der Waals surface area contributed by atoms with Crippen LogP contribution < -0.4 is 11.4 Å². The van der Waals surface area contributed by atoms with Crippen LogP contribution in [0, 0.1) is 0 Å². The van der Waals surface area contributed by atoms with Gasteiger partial charge in [0.1, 0.15) is 18.1 Å². The average molecular weight is 417 g/mol. The van der Waals surface area contributed by atoms with Gasteiger partial charge in [-0.3, -0.25) is 9.09 Å². The summed E-state index contributed by atoms with van der Waals surface area (Å²) in [7, 11) is -10.4. The first kappa shape index (κ1) is 21.1. The molecule has 2 heterocycles. The van der Waals surface area contributed by atoms with E-state index in [4.69, 9.17) is 25.4 Å². The van der Waals surface area contributed by atoms with Crippen molar-refractivity contribution in [2.75, 3.05) is 12.3 Å². The van der Waals surface area contributed by atoms with E-state index in [1.54, 1.807) is 0 Å². The Labute approximate surface area is 145 Å². The van der Waals surface area contributed by atoms with Crippen molar-refractivity contribution in [3.05, 3.63) is 22.2 Å². The largest absolute Gasteiger partial charge is 0.481 e. The van der Waals surface area contributed by atoms with Gasteiger partial charge in [-0.15, -0.1) is 0 Å². The maximum atomic E-state index is 11.9. The van der Waals surface area contributed by atoms with E-state index in [2.05, 4.69) is 13.8 Å².